The summed E-state index contributed by atoms with van der Waals surface area (Å²) in [6, 6.07) is 6.28. The third-order valence-electron chi connectivity index (χ3n) is 6.54. The number of carbonyl (C=O) groups excluding carboxylic acids is 1. The highest BCUT2D eigenvalue weighted by Gasteiger charge is 2.51. The number of benzene rings is 1. The van der Waals surface area contributed by atoms with Crippen LogP contribution in [0.3, 0.4) is 0 Å². The molecule has 4 aliphatic rings. The molecule has 0 radical (unpaired) electrons. The van der Waals surface area contributed by atoms with Crippen LogP contribution in [0.4, 0.5) is 5.69 Å². The Morgan fingerprint density at radius 3 is 2.04 bits per heavy atom. The molecule has 2 N–H and O–H groups in total. The van der Waals surface area contributed by atoms with Crippen molar-refractivity contribution in [1.82, 2.24) is 4.72 Å². The quantitative estimate of drug-likeness (QED) is 0.773. The molecule has 5 nitrogen and oxygen atoms in total. The summed E-state index contributed by atoms with van der Waals surface area (Å²) in [6.45, 7) is 3.58. The van der Waals surface area contributed by atoms with E-state index in [4.69, 9.17) is 0 Å². The van der Waals surface area contributed by atoms with Gasteiger partial charge in [-0.2, -0.15) is 0 Å². The van der Waals surface area contributed by atoms with Crippen LogP contribution in [0.25, 0.3) is 0 Å². The predicted octanol–water partition coefficient (Wildman–Crippen LogP) is 3.92. The first kappa shape index (κ1) is 18.9. The third kappa shape index (κ3) is 4.06. The van der Waals surface area contributed by atoms with Gasteiger partial charge >= 0.3 is 0 Å². The average Bonchev–Trinajstić information content (AvgIpc) is 2.52. The minimum Gasteiger partial charge on any atom is -0.326 e. The van der Waals surface area contributed by atoms with Crippen molar-refractivity contribution < 1.29 is 13.2 Å². The standard InChI is InChI=1S/C21H30N2O3S/c1-14(2)23-27(25,26)19-5-3-18(4-6-19)22-20(24)13-21-10-15-7-16(11-21)9-17(8-15)12-21/h3-6,14-17,23H,7-13H2,1-2H3,(H,22,24). The van der Waals surface area contributed by atoms with Crippen molar-refractivity contribution in [2.45, 2.75) is 69.7 Å². The van der Waals surface area contributed by atoms with E-state index in [2.05, 4.69) is 10.0 Å². The Bertz CT molecular complexity index is 779. The van der Waals surface area contributed by atoms with E-state index in [-0.39, 0.29) is 22.3 Å². The second-order valence-electron chi connectivity index (χ2n) is 9.44. The van der Waals surface area contributed by atoms with E-state index in [1.807, 2.05) is 0 Å². The number of hydrogen-bond donors (Lipinski definition) is 2. The molecule has 4 bridgehead atoms. The minimum atomic E-state index is -3.50. The number of anilines is 1. The van der Waals surface area contributed by atoms with Crippen LogP contribution in [0.5, 0.6) is 0 Å². The molecule has 0 saturated heterocycles. The topological polar surface area (TPSA) is 75.3 Å². The first-order valence-corrected chi connectivity index (χ1v) is 11.6. The van der Waals surface area contributed by atoms with Crippen molar-refractivity contribution >= 4 is 21.6 Å². The van der Waals surface area contributed by atoms with Gasteiger partial charge in [-0.3, -0.25) is 4.79 Å². The zero-order chi connectivity index (χ0) is 19.2. The number of nitrogens with one attached hydrogen (secondary N) is 2. The van der Waals surface area contributed by atoms with Crippen molar-refractivity contribution in [2.24, 2.45) is 23.2 Å². The van der Waals surface area contributed by atoms with Crippen LogP contribution < -0.4 is 10.0 Å². The van der Waals surface area contributed by atoms with Crippen LogP contribution in [0.2, 0.25) is 0 Å². The Morgan fingerprint density at radius 2 is 1.56 bits per heavy atom. The molecular formula is C21H30N2O3S. The van der Waals surface area contributed by atoms with Gasteiger partial charge < -0.3 is 5.32 Å². The van der Waals surface area contributed by atoms with Crippen LogP contribution in [0.15, 0.2) is 29.2 Å². The molecule has 4 aliphatic carbocycles. The Labute approximate surface area is 162 Å². The van der Waals surface area contributed by atoms with E-state index in [1.165, 1.54) is 38.5 Å². The molecule has 0 aromatic heterocycles. The van der Waals surface area contributed by atoms with Crippen molar-refractivity contribution in [3.05, 3.63) is 24.3 Å². The van der Waals surface area contributed by atoms with Gasteiger partial charge in [0.25, 0.3) is 0 Å². The lowest BCUT2D eigenvalue weighted by Gasteiger charge is -2.56. The summed E-state index contributed by atoms with van der Waals surface area (Å²) in [6.07, 6.45) is 8.37. The third-order valence-corrected chi connectivity index (χ3v) is 8.21. The number of amides is 1. The fraction of sp³-hybridized carbons (Fsp3) is 0.667. The molecule has 1 amide bonds. The maximum atomic E-state index is 12.7. The van der Waals surface area contributed by atoms with Gasteiger partial charge in [0.15, 0.2) is 0 Å². The highest BCUT2D eigenvalue weighted by atomic mass is 32.2. The maximum Gasteiger partial charge on any atom is 0.240 e. The van der Waals surface area contributed by atoms with Crippen molar-refractivity contribution in [1.29, 1.82) is 0 Å². The molecule has 0 unspecified atom stereocenters. The molecule has 27 heavy (non-hydrogen) atoms. The Kier molecular flexibility index (Phi) is 4.83. The number of rotatable bonds is 6. The van der Waals surface area contributed by atoms with Crippen LogP contribution in [0, 0.1) is 23.2 Å². The lowest BCUT2D eigenvalue weighted by atomic mass is 9.49. The molecule has 4 saturated carbocycles. The van der Waals surface area contributed by atoms with E-state index in [1.54, 1.807) is 38.1 Å². The normalized spacial score (nSPS) is 32.0. The second-order valence-corrected chi connectivity index (χ2v) is 11.2. The van der Waals surface area contributed by atoms with Gasteiger partial charge in [-0.05, 0) is 99.8 Å². The number of hydrogen-bond acceptors (Lipinski definition) is 3. The van der Waals surface area contributed by atoms with Crippen LogP contribution in [0.1, 0.15) is 58.8 Å². The van der Waals surface area contributed by atoms with Gasteiger partial charge in [0.2, 0.25) is 15.9 Å². The molecular weight excluding hydrogens is 360 g/mol. The van der Waals surface area contributed by atoms with Gasteiger partial charge in [0, 0.05) is 18.2 Å². The lowest BCUT2D eigenvalue weighted by Crippen LogP contribution is -2.47. The van der Waals surface area contributed by atoms with Crippen molar-refractivity contribution in [2.75, 3.05) is 5.32 Å². The number of sulfonamides is 1. The highest BCUT2D eigenvalue weighted by molar-refractivity contribution is 7.89. The second kappa shape index (κ2) is 6.89. The summed E-state index contributed by atoms with van der Waals surface area (Å²) in [5, 5.41) is 2.98. The predicted molar refractivity (Wildman–Crippen MR) is 106 cm³/mol. The lowest BCUT2D eigenvalue weighted by molar-refractivity contribution is -0.124. The van der Waals surface area contributed by atoms with Gasteiger partial charge in [-0.25, -0.2) is 13.1 Å². The van der Waals surface area contributed by atoms with Gasteiger partial charge in [-0.15, -0.1) is 0 Å². The summed E-state index contributed by atoms with van der Waals surface area (Å²) in [5.74, 6) is 2.57. The van der Waals surface area contributed by atoms with E-state index < -0.39 is 10.0 Å². The number of carbonyl (C=O) groups is 1. The zero-order valence-corrected chi connectivity index (χ0v) is 17.0. The molecule has 1 aromatic rings. The van der Waals surface area contributed by atoms with Crippen molar-refractivity contribution in [3.8, 4) is 0 Å². The molecule has 0 aliphatic heterocycles. The molecule has 0 spiro atoms. The fourth-order valence-corrected chi connectivity index (χ4v) is 7.40. The molecule has 0 heterocycles. The Hall–Kier alpha value is -1.40. The van der Waals surface area contributed by atoms with E-state index >= 15 is 0 Å². The molecule has 1 aromatic carbocycles. The Balaban J connectivity index is 1.39. The summed E-state index contributed by atoms with van der Waals surface area (Å²) in [5.41, 5.74) is 0.872. The first-order chi connectivity index (χ1) is 12.7. The smallest absolute Gasteiger partial charge is 0.240 e. The van der Waals surface area contributed by atoms with E-state index in [0.29, 0.717) is 12.1 Å². The van der Waals surface area contributed by atoms with E-state index in [9.17, 15) is 13.2 Å². The van der Waals surface area contributed by atoms with Gasteiger partial charge in [-0.1, -0.05) is 0 Å². The monoisotopic (exact) mass is 390 g/mol. The highest BCUT2D eigenvalue weighted by Crippen LogP contribution is 2.61. The van der Waals surface area contributed by atoms with E-state index in [0.717, 1.165) is 17.8 Å². The fourth-order valence-electron chi connectivity index (χ4n) is 6.15. The first-order valence-electron chi connectivity index (χ1n) is 10.2. The summed E-state index contributed by atoms with van der Waals surface area (Å²) >= 11 is 0. The summed E-state index contributed by atoms with van der Waals surface area (Å²) < 4.78 is 27.0. The molecule has 4 fully saturated rings. The summed E-state index contributed by atoms with van der Waals surface area (Å²) in [4.78, 5) is 12.9. The van der Waals surface area contributed by atoms with Gasteiger partial charge in [0.05, 0.1) is 4.90 Å². The molecule has 5 rings (SSSR count). The molecule has 6 heteroatoms. The Morgan fingerprint density at radius 1 is 1.04 bits per heavy atom. The van der Waals surface area contributed by atoms with Crippen LogP contribution in [-0.2, 0) is 14.8 Å². The minimum absolute atomic E-state index is 0.0628. The van der Waals surface area contributed by atoms with Crippen LogP contribution in [-0.4, -0.2) is 20.4 Å². The SMILES string of the molecule is CC(C)NS(=O)(=O)c1ccc(NC(=O)CC23CC4CC(CC(C4)C2)C3)cc1. The van der Waals surface area contributed by atoms with Gasteiger partial charge in [0.1, 0.15) is 0 Å². The maximum absolute atomic E-state index is 12.7. The molecule has 0 atom stereocenters. The average molecular weight is 391 g/mol. The zero-order valence-electron chi connectivity index (χ0n) is 16.2. The van der Waals surface area contributed by atoms with Crippen LogP contribution >= 0.6 is 0 Å². The largest absolute Gasteiger partial charge is 0.326 e. The summed E-state index contributed by atoms with van der Waals surface area (Å²) in [7, 11) is -3.50. The van der Waals surface area contributed by atoms with Crippen molar-refractivity contribution in [3.63, 3.8) is 0 Å². The molecule has 148 valence electrons.